The molecule has 3 rings (SSSR count). The highest BCUT2D eigenvalue weighted by Crippen LogP contribution is 2.32. The number of benzene rings is 2. The Morgan fingerprint density at radius 1 is 1.07 bits per heavy atom. The van der Waals surface area contributed by atoms with Gasteiger partial charge in [-0.15, -0.1) is 12.4 Å². The largest absolute Gasteiger partial charge is 0.342 e. The summed E-state index contributed by atoms with van der Waals surface area (Å²) < 4.78 is 26.2. The molecule has 1 saturated heterocycles. The Morgan fingerprint density at radius 3 is 2.48 bits per heavy atom. The molecule has 0 radical (unpaired) electrons. The van der Waals surface area contributed by atoms with Crippen LogP contribution >= 0.6 is 12.4 Å². The van der Waals surface area contributed by atoms with Crippen molar-refractivity contribution in [3.63, 3.8) is 0 Å². The maximum absolute atomic E-state index is 13.2. The Bertz CT molecular complexity index is 757. The summed E-state index contributed by atoms with van der Waals surface area (Å²) in [6.07, 6.45) is 1.57. The molecule has 0 bridgehead atoms. The summed E-state index contributed by atoms with van der Waals surface area (Å²) in [6.45, 7) is 1.92. The second kappa shape index (κ2) is 9.81. The van der Waals surface area contributed by atoms with Crippen molar-refractivity contribution in [3.8, 4) is 0 Å². The van der Waals surface area contributed by atoms with Gasteiger partial charge in [0.2, 0.25) is 5.91 Å². The maximum Gasteiger partial charge on any atom is 0.222 e. The Labute approximate surface area is 165 Å². The second-order valence-corrected chi connectivity index (χ2v) is 6.91. The monoisotopic (exact) mass is 394 g/mol. The molecule has 0 aromatic heterocycles. The minimum atomic E-state index is -0.846. The molecule has 6 heteroatoms. The third kappa shape index (κ3) is 5.27. The molecule has 2 aromatic carbocycles. The number of likely N-dealkylation sites (tertiary alicyclic amines) is 1. The summed E-state index contributed by atoms with van der Waals surface area (Å²) in [4.78, 5) is 14.4. The van der Waals surface area contributed by atoms with E-state index in [9.17, 15) is 13.6 Å². The molecule has 2 N–H and O–H groups in total. The molecular weight excluding hydrogens is 370 g/mol. The van der Waals surface area contributed by atoms with Gasteiger partial charge in [0.25, 0.3) is 0 Å². The molecule has 1 amide bonds. The third-order valence-corrected chi connectivity index (χ3v) is 5.16. The van der Waals surface area contributed by atoms with Gasteiger partial charge in [0, 0.05) is 25.4 Å². The smallest absolute Gasteiger partial charge is 0.222 e. The summed E-state index contributed by atoms with van der Waals surface area (Å²) in [6, 6.07) is 14.1. The number of nitrogens with two attached hydrogens (primary N) is 1. The number of carbonyl (C=O) groups is 1. The number of aryl methyl sites for hydroxylation is 1. The number of nitrogens with zero attached hydrogens (tertiary/aromatic N) is 1. The number of carbonyl (C=O) groups excluding carboxylic acids is 1. The van der Waals surface area contributed by atoms with Gasteiger partial charge in [-0.25, -0.2) is 8.78 Å². The fraction of sp³-hybridized carbons (Fsp3) is 0.381. The lowest BCUT2D eigenvalue weighted by Gasteiger charge is -2.17. The Morgan fingerprint density at radius 2 is 1.81 bits per heavy atom. The van der Waals surface area contributed by atoms with Gasteiger partial charge in [-0.3, -0.25) is 4.79 Å². The fourth-order valence-electron chi connectivity index (χ4n) is 3.69. The van der Waals surface area contributed by atoms with Crippen LogP contribution < -0.4 is 5.73 Å². The van der Waals surface area contributed by atoms with Gasteiger partial charge in [-0.2, -0.15) is 0 Å². The summed E-state index contributed by atoms with van der Waals surface area (Å²) in [7, 11) is 0. The lowest BCUT2D eigenvalue weighted by atomic mass is 9.89. The van der Waals surface area contributed by atoms with Crippen molar-refractivity contribution in [2.45, 2.75) is 25.2 Å². The molecule has 146 valence electrons. The van der Waals surface area contributed by atoms with E-state index in [1.807, 2.05) is 23.1 Å². The topological polar surface area (TPSA) is 46.3 Å². The molecule has 1 aliphatic heterocycles. The second-order valence-electron chi connectivity index (χ2n) is 6.91. The molecule has 0 aliphatic carbocycles. The van der Waals surface area contributed by atoms with E-state index in [2.05, 4.69) is 12.1 Å². The zero-order valence-electron chi connectivity index (χ0n) is 15.1. The standard InChI is InChI=1S/C21H24F2N2O.ClH/c22-19-10-9-15(11-20(19)23)5-4-8-21(26)25-13-17(12-24)18(14-25)16-6-2-1-3-7-16;/h1-3,6-7,9-11,17-18H,4-5,8,12-14,24H2;1H/t17-,18+;/m1./s1. The average Bonchev–Trinajstić information content (AvgIpc) is 3.10. The SMILES string of the molecule is Cl.NC[C@@H]1CN(C(=O)CCCc2ccc(F)c(F)c2)C[C@H]1c1ccccc1. The maximum atomic E-state index is 13.2. The van der Waals surface area contributed by atoms with Crippen LogP contribution in [0.3, 0.4) is 0 Å². The number of hydrogen-bond acceptors (Lipinski definition) is 2. The van der Waals surface area contributed by atoms with Crippen molar-refractivity contribution in [2.75, 3.05) is 19.6 Å². The van der Waals surface area contributed by atoms with E-state index in [4.69, 9.17) is 5.73 Å². The van der Waals surface area contributed by atoms with Crippen LogP contribution in [0, 0.1) is 17.6 Å². The molecule has 1 heterocycles. The van der Waals surface area contributed by atoms with E-state index < -0.39 is 11.6 Å². The molecule has 3 nitrogen and oxygen atoms in total. The van der Waals surface area contributed by atoms with E-state index in [0.29, 0.717) is 44.5 Å². The summed E-state index contributed by atoms with van der Waals surface area (Å²) in [5.74, 6) is -1.04. The van der Waals surface area contributed by atoms with Crippen LogP contribution in [-0.4, -0.2) is 30.4 Å². The van der Waals surface area contributed by atoms with Crippen molar-refractivity contribution >= 4 is 18.3 Å². The summed E-state index contributed by atoms with van der Waals surface area (Å²) in [5.41, 5.74) is 7.85. The minimum Gasteiger partial charge on any atom is -0.342 e. The third-order valence-electron chi connectivity index (χ3n) is 5.16. The van der Waals surface area contributed by atoms with Crippen LogP contribution in [0.4, 0.5) is 8.78 Å². The molecule has 27 heavy (non-hydrogen) atoms. The van der Waals surface area contributed by atoms with Gasteiger partial charge in [0.15, 0.2) is 11.6 Å². The van der Waals surface area contributed by atoms with E-state index in [-0.39, 0.29) is 30.2 Å². The molecular formula is C21H25ClF2N2O. The molecule has 0 spiro atoms. The lowest BCUT2D eigenvalue weighted by Crippen LogP contribution is -2.29. The Balaban J connectivity index is 0.00000261. The first-order chi connectivity index (χ1) is 12.6. The average molecular weight is 395 g/mol. The van der Waals surface area contributed by atoms with Crippen LogP contribution in [0.25, 0.3) is 0 Å². The molecule has 2 atom stereocenters. The van der Waals surface area contributed by atoms with E-state index >= 15 is 0 Å². The molecule has 0 unspecified atom stereocenters. The van der Waals surface area contributed by atoms with Crippen LogP contribution in [0.1, 0.15) is 29.9 Å². The fourth-order valence-corrected chi connectivity index (χ4v) is 3.69. The molecule has 2 aromatic rings. The number of hydrogen-bond donors (Lipinski definition) is 1. The Hall–Kier alpha value is -1.98. The van der Waals surface area contributed by atoms with Crippen molar-refractivity contribution in [1.82, 2.24) is 4.90 Å². The zero-order chi connectivity index (χ0) is 18.5. The number of amides is 1. The first-order valence-corrected chi connectivity index (χ1v) is 9.05. The van der Waals surface area contributed by atoms with Crippen LogP contribution in [0.15, 0.2) is 48.5 Å². The van der Waals surface area contributed by atoms with E-state index in [1.54, 1.807) is 6.07 Å². The van der Waals surface area contributed by atoms with Crippen molar-refractivity contribution in [3.05, 3.63) is 71.3 Å². The predicted molar refractivity (Wildman–Crippen MR) is 105 cm³/mol. The van der Waals surface area contributed by atoms with Crippen molar-refractivity contribution in [1.29, 1.82) is 0 Å². The highest BCUT2D eigenvalue weighted by molar-refractivity contribution is 5.85. The van der Waals surface area contributed by atoms with Gasteiger partial charge in [-0.1, -0.05) is 36.4 Å². The Kier molecular flexibility index (Phi) is 7.75. The van der Waals surface area contributed by atoms with Gasteiger partial charge in [-0.05, 0) is 48.6 Å². The van der Waals surface area contributed by atoms with Crippen molar-refractivity contribution in [2.24, 2.45) is 11.7 Å². The quantitative estimate of drug-likeness (QED) is 0.807. The predicted octanol–water partition coefficient (Wildman–Crippen LogP) is 3.91. The minimum absolute atomic E-state index is 0. The molecule has 0 saturated carbocycles. The van der Waals surface area contributed by atoms with Crippen LogP contribution in [0.2, 0.25) is 0 Å². The lowest BCUT2D eigenvalue weighted by molar-refractivity contribution is -0.130. The molecule has 1 aliphatic rings. The number of halogens is 3. The molecule has 1 fully saturated rings. The highest BCUT2D eigenvalue weighted by atomic mass is 35.5. The van der Waals surface area contributed by atoms with Crippen molar-refractivity contribution < 1.29 is 13.6 Å². The normalized spacial score (nSPS) is 19.0. The van der Waals surface area contributed by atoms with Gasteiger partial charge in [0.05, 0.1) is 0 Å². The first kappa shape index (κ1) is 21.3. The van der Waals surface area contributed by atoms with Crippen LogP contribution in [0.5, 0.6) is 0 Å². The van der Waals surface area contributed by atoms with Gasteiger partial charge in [0.1, 0.15) is 0 Å². The summed E-state index contributed by atoms with van der Waals surface area (Å²) in [5, 5.41) is 0. The summed E-state index contributed by atoms with van der Waals surface area (Å²) >= 11 is 0. The van der Waals surface area contributed by atoms with Crippen LogP contribution in [-0.2, 0) is 11.2 Å². The van der Waals surface area contributed by atoms with E-state index in [1.165, 1.54) is 11.6 Å². The van der Waals surface area contributed by atoms with E-state index in [0.717, 1.165) is 6.07 Å². The van der Waals surface area contributed by atoms with Gasteiger partial charge >= 0.3 is 0 Å². The highest BCUT2D eigenvalue weighted by Gasteiger charge is 2.34. The number of rotatable bonds is 6. The van der Waals surface area contributed by atoms with Gasteiger partial charge < -0.3 is 10.6 Å². The first-order valence-electron chi connectivity index (χ1n) is 9.05. The zero-order valence-corrected chi connectivity index (χ0v) is 15.9.